The normalized spacial score (nSPS) is 18.4. The first kappa shape index (κ1) is 15.6. The lowest BCUT2D eigenvalue weighted by molar-refractivity contribution is -0.143. The number of benzene rings is 1. The number of carboxylic acid groups (broad SMARTS) is 1. The summed E-state index contributed by atoms with van der Waals surface area (Å²) in [4.78, 5) is 27.5. The maximum Gasteiger partial charge on any atom is 0.321 e. The van der Waals surface area contributed by atoms with E-state index in [1.54, 1.807) is 0 Å². The molecule has 1 heterocycles. The number of carboxylic acids is 1. The Balaban J connectivity index is 2.04. The highest BCUT2D eigenvalue weighted by Crippen LogP contribution is 2.13. The van der Waals surface area contributed by atoms with Crippen LogP contribution in [0.25, 0.3) is 0 Å². The summed E-state index contributed by atoms with van der Waals surface area (Å²) < 4.78 is 12.9. The van der Waals surface area contributed by atoms with Crippen molar-refractivity contribution in [2.75, 3.05) is 33.2 Å². The van der Waals surface area contributed by atoms with Crippen molar-refractivity contribution in [1.29, 1.82) is 0 Å². The van der Waals surface area contributed by atoms with Crippen molar-refractivity contribution >= 4 is 11.8 Å². The van der Waals surface area contributed by atoms with Crippen LogP contribution < -0.4 is 0 Å². The second-order valence-corrected chi connectivity index (χ2v) is 5.33. The lowest BCUT2D eigenvalue weighted by Crippen LogP contribution is -2.52. The molecule has 6 heteroatoms. The summed E-state index contributed by atoms with van der Waals surface area (Å²) in [6, 6.07) is 4.37. The van der Waals surface area contributed by atoms with Crippen molar-refractivity contribution in [3.8, 4) is 0 Å². The quantitative estimate of drug-likeness (QED) is 0.824. The third-order valence-electron chi connectivity index (χ3n) is 3.81. The van der Waals surface area contributed by atoms with Gasteiger partial charge >= 0.3 is 5.97 Å². The van der Waals surface area contributed by atoms with Gasteiger partial charge in [-0.25, -0.2) is 4.39 Å². The third kappa shape index (κ3) is 4.09. The smallest absolute Gasteiger partial charge is 0.321 e. The van der Waals surface area contributed by atoms with Crippen LogP contribution in [0.4, 0.5) is 4.39 Å². The monoisotopic (exact) mass is 294 g/mol. The van der Waals surface area contributed by atoms with Gasteiger partial charge in [0.15, 0.2) is 5.78 Å². The number of halogens is 1. The lowest BCUT2D eigenvalue weighted by atomic mass is 10.0. The van der Waals surface area contributed by atoms with Crippen molar-refractivity contribution < 1.29 is 19.1 Å². The Morgan fingerprint density at radius 2 is 1.76 bits per heavy atom. The van der Waals surface area contributed by atoms with Crippen LogP contribution in [-0.4, -0.2) is 65.9 Å². The topological polar surface area (TPSA) is 60.9 Å². The maximum absolute atomic E-state index is 12.9. The standard InChI is InChI=1S/C15H19FN2O3/c1-17-6-8-18(9-7-17)13(15(20)21)10-14(19)11-2-4-12(16)5-3-11/h2-5,13H,6-10H2,1H3,(H,20,21)/t13-/m1/s1. The number of hydrogen-bond acceptors (Lipinski definition) is 4. The molecular weight excluding hydrogens is 275 g/mol. The molecule has 1 fully saturated rings. The van der Waals surface area contributed by atoms with Gasteiger partial charge in [-0.05, 0) is 31.3 Å². The molecule has 1 aromatic rings. The van der Waals surface area contributed by atoms with E-state index in [0.717, 1.165) is 13.1 Å². The molecule has 5 nitrogen and oxygen atoms in total. The molecule has 2 rings (SSSR count). The number of aliphatic carboxylic acids is 1. The van der Waals surface area contributed by atoms with Gasteiger partial charge in [0.2, 0.25) is 0 Å². The summed E-state index contributed by atoms with van der Waals surface area (Å²) in [5.74, 6) is -1.68. The maximum atomic E-state index is 12.9. The highest BCUT2D eigenvalue weighted by atomic mass is 19.1. The number of likely N-dealkylation sites (N-methyl/N-ethyl adjacent to an activating group) is 1. The first-order valence-corrected chi connectivity index (χ1v) is 6.91. The van der Waals surface area contributed by atoms with E-state index in [4.69, 9.17) is 0 Å². The van der Waals surface area contributed by atoms with Gasteiger partial charge in [-0.2, -0.15) is 0 Å². The Bertz CT molecular complexity index is 510. The highest BCUT2D eigenvalue weighted by Gasteiger charge is 2.30. The van der Waals surface area contributed by atoms with E-state index >= 15 is 0 Å². The van der Waals surface area contributed by atoms with E-state index < -0.39 is 17.8 Å². The molecule has 1 aliphatic heterocycles. The van der Waals surface area contributed by atoms with Crippen molar-refractivity contribution in [2.24, 2.45) is 0 Å². The number of hydrogen-bond donors (Lipinski definition) is 1. The molecule has 21 heavy (non-hydrogen) atoms. The summed E-state index contributed by atoms with van der Waals surface area (Å²) in [6.07, 6.45) is -0.0926. The van der Waals surface area contributed by atoms with Crippen LogP contribution in [0.2, 0.25) is 0 Å². The summed E-state index contributed by atoms with van der Waals surface area (Å²) in [5.41, 5.74) is 0.344. The van der Waals surface area contributed by atoms with Crippen LogP contribution in [0, 0.1) is 5.82 Å². The number of piperazine rings is 1. The second-order valence-electron chi connectivity index (χ2n) is 5.33. The van der Waals surface area contributed by atoms with Gasteiger partial charge in [0.1, 0.15) is 11.9 Å². The number of ketones is 1. The van der Waals surface area contributed by atoms with Crippen LogP contribution in [0.5, 0.6) is 0 Å². The van der Waals surface area contributed by atoms with Gasteiger partial charge in [-0.3, -0.25) is 14.5 Å². The summed E-state index contributed by atoms with van der Waals surface area (Å²) in [6.45, 7) is 2.83. The molecule has 1 N–H and O–H groups in total. The van der Waals surface area contributed by atoms with E-state index in [1.165, 1.54) is 24.3 Å². The first-order chi connectivity index (χ1) is 9.97. The Hall–Kier alpha value is -1.79. The molecule has 0 aliphatic carbocycles. The third-order valence-corrected chi connectivity index (χ3v) is 3.81. The van der Waals surface area contributed by atoms with Crippen LogP contribution in [0.15, 0.2) is 24.3 Å². The zero-order valence-corrected chi connectivity index (χ0v) is 12.0. The number of rotatable bonds is 5. The molecule has 1 aromatic carbocycles. The Labute approximate surface area is 123 Å². The molecule has 0 saturated carbocycles. The SMILES string of the molecule is CN1CCN([C@H](CC(=O)c2ccc(F)cc2)C(=O)O)CC1. The predicted molar refractivity (Wildman–Crippen MR) is 75.8 cm³/mol. The zero-order valence-electron chi connectivity index (χ0n) is 12.0. The molecular formula is C15H19FN2O3. The van der Waals surface area contributed by atoms with E-state index in [0.29, 0.717) is 18.7 Å². The fourth-order valence-electron chi connectivity index (χ4n) is 2.44. The molecule has 0 spiro atoms. The fourth-order valence-corrected chi connectivity index (χ4v) is 2.44. The van der Waals surface area contributed by atoms with Crippen LogP contribution in [-0.2, 0) is 4.79 Å². The number of carbonyl (C=O) groups excluding carboxylic acids is 1. The van der Waals surface area contributed by atoms with Gasteiger partial charge in [-0.15, -0.1) is 0 Å². The highest BCUT2D eigenvalue weighted by molar-refractivity contribution is 5.98. The Morgan fingerprint density at radius 1 is 1.19 bits per heavy atom. The van der Waals surface area contributed by atoms with E-state index in [2.05, 4.69) is 4.90 Å². The van der Waals surface area contributed by atoms with Gasteiger partial charge in [0.05, 0.1) is 0 Å². The van der Waals surface area contributed by atoms with Gasteiger partial charge in [0, 0.05) is 38.2 Å². The van der Waals surface area contributed by atoms with Gasteiger partial charge in [-0.1, -0.05) is 0 Å². The molecule has 1 aliphatic rings. The minimum atomic E-state index is -0.991. The Morgan fingerprint density at radius 3 is 2.29 bits per heavy atom. The van der Waals surface area contributed by atoms with Crippen molar-refractivity contribution in [3.05, 3.63) is 35.6 Å². The van der Waals surface area contributed by atoms with Crippen LogP contribution in [0.1, 0.15) is 16.8 Å². The number of Topliss-reactive ketones (excluding diaryl/α,β-unsaturated/α-hetero) is 1. The molecule has 114 valence electrons. The summed E-state index contributed by atoms with van der Waals surface area (Å²) in [5, 5.41) is 9.36. The lowest BCUT2D eigenvalue weighted by Gasteiger charge is -2.35. The van der Waals surface area contributed by atoms with E-state index in [1.807, 2.05) is 11.9 Å². The fraction of sp³-hybridized carbons (Fsp3) is 0.467. The zero-order chi connectivity index (χ0) is 15.4. The van der Waals surface area contributed by atoms with Crippen LogP contribution >= 0.6 is 0 Å². The molecule has 1 saturated heterocycles. The number of nitrogens with zero attached hydrogens (tertiary/aromatic N) is 2. The average molecular weight is 294 g/mol. The molecule has 0 unspecified atom stereocenters. The largest absolute Gasteiger partial charge is 0.480 e. The Kier molecular flexibility index (Phi) is 5.03. The van der Waals surface area contributed by atoms with Crippen molar-refractivity contribution in [2.45, 2.75) is 12.5 Å². The molecule has 0 aromatic heterocycles. The van der Waals surface area contributed by atoms with E-state index in [9.17, 15) is 19.1 Å². The average Bonchev–Trinajstić information content (AvgIpc) is 2.46. The predicted octanol–water partition coefficient (Wildman–Crippen LogP) is 1.10. The van der Waals surface area contributed by atoms with Gasteiger partial charge < -0.3 is 10.0 Å². The molecule has 0 radical (unpaired) electrons. The molecule has 1 atom stereocenters. The second kappa shape index (κ2) is 6.78. The van der Waals surface area contributed by atoms with E-state index in [-0.39, 0.29) is 12.2 Å². The van der Waals surface area contributed by atoms with Gasteiger partial charge in [0.25, 0.3) is 0 Å². The minimum Gasteiger partial charge on any atom is -0.480 e. The van der Waals surface area contributed by atoms with Crippen LogP contribution in [0.3, 0.4) is 0 Å². The first-order valence-electron chi connectivity index (χ1n) is 6.91. The minimum absolute atomic E-state index is 0.0926. The van der Waals surface area contributed by atoms with Crippen molar-refractivity contribution in [3.63, 3.8) is 0 Å². The van der Waals surface area contributed by atoms with Crippen molar-refractivity contribution in [1.82, 2.24) is 9.80 Å². The number of carbonyl (C=O) groups is 2. The molecule has 0 amide bonds. The summed E-state index contributed by atoms with van der Waals surface area (Å²) >= 11 is 0. The molecule has 0 bridgehead atoms. The summed E-state index contributed by atoms with van der Waals surface area (Å²) in [7, 11) is 1.98.